The number of H-pyrrole nitrogens is 1. The predicted molar refractivity (Wildman–Crippen MR) is 98.0 cm³/mol. The zero-order valence-electron chi connectivity index (χ0n) is 13.9. The van der Waals surface area contributed by atoms with Crippen LogP contribution in [-0.2, 0) is 16.9 Å². The van der Waals surface area contributed by atoms with Gasteiger partial charge in [0, 0.05) is 34.6 Å². The van der Waals surface area contributed by atoms with E-state index in [1.807, 2.05) is 13.8 Å². The summed E-state index contributed by atoms with van der Waals surface area (Å²) in [7, 11) is 3.16. The molecule has 25 heavy (non-hydrogen) atoms. The molecule has 0 aliphatic rings. The molecule has 0 radical (unpaired) electrons. The van der Waals surface area contributed by atoms with E-state index in [4.69, 9.17) is 9.47 Å². The topological polar surface area (TPSA) is 96.0 Å². The van der Waals surface area contributed by atoms with Gasteiger partial charge in [-0.15, -0.1) is 0 Å². The number of aromatic nitrogens is 4. The van der Waals surface area contributed by atoms with Crippen LogP contribution in [0.2, 0.25) is 0 Å². The van der Waals surface area contributed by atoms with Gasteiger partial charge in [-0.3, -0.25) is 9.97 Å². The van der Waals surface area contributed by atoms with Crippen molar-refractivity contribution >= 4 is 41.2 Å². The predicted octanol–water partition coefficient (Wildman–Crippen LogP) is 1.65. The molecule has 1 N–H and O–H groups in total. The van der Waals surface area contributed by atoms with Crippen molar-refractivity contribution in [1.29, 1.82) is 0 Å². The van der Waals surface area contributed by atoms with Crippen LogP contribution in [0.4, 0.5) is 0 Å². The van der Waals surface area contributed by atoms with E-state index in [9.17, 15) is 4.55 Å². The molecule has 0 fully saturated rings. The molecule has 0 spiro atoms. The Labute approximate surface area is 160 Å². The van der Waals surface area contributed by atoms with E-state index in [1.54, 1.807) is 32.5 Å². The summed E-state index contributed by atoms with van der Waals surface area (Å²) in [6.45, 7) is 3.84. The fourth-order valence-electron chi connectivity index (χ4n) is 2.48. The SMILES string of the molecule is COc1ccc2[nH]c([S@+]([O-])Cc3ncc(C)c(OC)c3C)nc2n1.[LiH]. The number of nitrogens with one attached hydrogen (secondary N) is 1. The van der Waals surface area contributed by atoms with Crippen LogP contribution in [-0.4, -0.2) is 57.6 Å². The molecular weight excluding hydrogens is 335 g/mol. The number of ether oxygens (including phenoxy) is 2. The molecule has 0 amide bonds. The van der Waals surface area contributed by atoms with Gasteiger partial charge >= 0.3 is 24.0 Å². The van der Waals surface area contributed by atoms with Gasteiger partial charge in [0.1, 0.15) is 5.75 Å². The minimum atomic E-state index is -1.37. The third kappa shape index (κ3) is 3.93. The number of pyridine rings is 2. The van der Waals surface area contributed by atoms with Crippen LogP contribution < -0.4 is 9.47 Å². The Morgan fingerprint density at radius 1 is 1.16 bits per heavy atom. The van der Waals surface area contributed by atoms with Crippen molar-refractivity contribution in [2.24, 2.45) is 0 Å². The molecule has 0 saturated heterocycles. The minimum absolute atomic E-state index is 0. The zero-order valence-corrected chi connectivity index (χ0v) is 14.7. The van der Waals surface area contributed by atoms with E-state index in [2.05, 4.69) is 19.9 Å². The Morgan fingerprint density at radius 3 is 2.60 bits per heavy atom. The van der Waals surface area contributed by atoms with Crippen LogP contribution >= 0.6 is 0 Å². The van der Waals surface area contributed by atoms with Crippen molar-refractivity contribution in [2.45, 2.75) is 24.8 Å². The number of rotatable bonds is 5. The van der Waals surface area contributed by atoms with E-state index >= 15 is 0 Å². The van der Waals surface area contributed by atoms with Crippen LogP contribution in [0.1, 0.15) is 16.8 Å². The van der Waals surface area contributed by atoms with Gasteiger partial charge in [-0.2, -0.15) is 9.97 Å². The summed E-state index contributed by atoms with van der Waals surface area (Å²) in [6, 6.07) is 3.52. The molecule has 3 aromatic rings. The molecule has 9 heteroatoms. The third-order valence-corrected chi connectivity index (χ3v) is 4.90. The molecule has 3 rings (SSSR count). The van der Waals surface area contributed by atoms with Crippen molar-refractivity contribution in [1.82, 2.24) is 19.9 Å². The molecule has 0 aliphatic carbocycles. The molecule has 0 saturated carbocycles. The zero-order chi connectivity index (χ0) is 17.3. The second-order valence-corrected chi connectivity index (χ2v) is 6.67. The number of nitrogens with zero attached hydrogens (tertiary/aromatic N) is 3. The average Bonchev–Trinajstić information content (AvgIpc) is 3.01. The number of imidazole rings is 1. The molecule has 3 heterocycles. The Bertz CT molecular complexity index is 887. The van der Waals surface area contributed by atoms with Crippen molar-refractivity contribution in [3.05, 3.63) is 35.2 Å². The van der Waals surface area contributed by atoms with E-state index in [0.29, 0.717) is 22.2 Å². The normalized spacial score (nSPS) is 11.9. The van der Waals surface area contributed by atoms with Crippen LogP contribution in [0, 0.1) is 13.8 Å². The Balaban J connectivity index is 0.00000225. The first kappa shape index (κ1) is 19.6. The fourth-order valence-corrected chi connectivity index (χ4v) is 3.57. The second kappa shape index (κ2) is 8.10. The first-order valence-corrected chi connectivity index (χ1v) is 8.63. The average molecular weight is 354 g/mol. The number of aryl methyl sites for hydroxylation is 1. The first-order chi connectivity index (χ1) is 11.5. The molecule has 0 aromatic carbocycles. The van der Waals surface area contributed by atoms with Crippen molar-refractivity contribution in [2.75, 3.05) is 14.2 Å². The Kier molecular flexibility index (Phi) is 6.35. The maximum atomic E-state index is 12.7. The Morgan fingerprint density at radius 2 is 1.92 bits per heavy atom. The van der Waals surface area contributed by atoms with Gasteiger partial charge in [0.25, 0.3) is 0 Å². The summed E-state index contributed by atoms with van der Waals surface area (Å²) in [5, 5.41) is 0.367. The van der Waals surface area contributed by atoms with E-state index < -0.39 is 11.2 Å². The molecule has 7 nitrogen and oxygen atoms in total. The molecule has 0 aliphatic heterocycles. The van der Waals surface area contributed by atoms with Crippen LogP contribution in [0.3, 0.4) is 0 Å². The van der Waals surface area contributed by atoms with Crippen molar-refractivity contribution in [3.8, 4) is 11.6 Å². The maximum absolute atomic E-state index is 12.7. The fraction of sp³-hybridized carbons (Fsp3) is 0.312. The van der Waals surface area contributed by atoms with Gasteiger partial charge in [-0.25, -0.2) is 0 Å². The number of methoxy groups -OCH3 is 2. The molecule has 1 atom stereocenters. The van der Waals surface area contributed by atoms with Gasteiger partial charge < -0.3 is 14.0 Å². The molecular formula is C16H19LiN4O3S. The number of hydrogen-bond donors (Lipinski definition) is 1. The van der Waals surface area contributed by atoms with Crippen molar-refractivity contribution < 1.29 is 14.0 Å². The van der Waals surface area contributed by atoms with Gasteiger partial charge in [0.05, 0.1) is 25.4 Å². The van der Waals surface area contributed by atoms with Gasteiger partial charge in [-0.1, -0.05) is 0 Å². The monoisotopic (exact) mass is 354 g/mol. The molecule has 0 bridgehead atoms. The number of aromatic amines is 1. The quantitative estimate of drug-likeness (QED) is 0.553. The standard InChI is InChI=1S/C16H18N4O3S.Li.H/c1-9-7-17-12(10(2)14(9)23-4)8-24(21)16-18-11-5-6-13(22-3)19-15(11)20-16;;/h5-7H,8H2,1-4H3,(H,18,19,20);;/t24-;;/m1../s1. The summed E-state index contributed by atoms with van der Waals surface area (Å²) in [4.78, 5) is 15.9. The summed E-state index contributed by atoms with van der Waals surface area (Å²) in [5.41, 5.74) is 3.75. The summed E-state index contributed by atoms with van der Waals surface area (Å²) < 4.78 is 23.1. The third-order valence-electron chi connectivity index (χ3n) is 3.74. The molecule has 3 aromatic heterocycles. The van der Waals surface area contributed by atoms with E-state index in [0.717, 1.165) is 22.6 Å². The van der Waals surface area contributed by atoms with Gasteiger partial charge in [0.15, 0.2) is 11.4 Å². The van der Waals surface area contributed by atoms with Crippen LogP contribution in [0.5, 0.6) is 11.6 Å². The second-order valence-electron chi connectivity index (χ2n) is 5.30. The van der Waals surface area contributed by atoms with Gasteiger partial charge in [-0.05, 0) is 19.9 Å². The number of fused-ring (bicyclic) bond motifs is 1. The summed E-state index contributed by atoms with van der Waals surface area (Å²) in [5.74, 6) is 1.49. The van der Waals surface area contributed by atoms with Gasteiger partial charge in [0.2, 0.25) is 5.88 Å². The number of hydrogen-bond acceptors (Lipinski definition) is 6. The first-order valence-electron chi connectivity index (χ1n) is 7.31. The van der Waals surface area contributed by atoms with Crippen LogP contribution in [0.15, 0.2) is 23.5 Å². The van der Waals surface area contributed by atoms with E-state index in [-0.39, 0.29) is 24.6 Å². The summed E-state index contributed by atoms with van der Waals surface area (Å²) in [6.07, 6.45) is 1.73. The Hall–Kier alpha value is -1.72. The summed E-state index contributed by atoms with van der Waals surface area (Å²) >= 11 is -1.37. The van der Waals surface area contributed by atoms with Crippen molar-refractivity contribution in [3.63, 3.8) is 0 Å². The molecule has 0 unspecified atom stereocenters. The van der Waals surface area contributed by atoms with E-state index in [1.165, 1.54) is 0 Å². The molecule has 128 valence electrons. The van der Waals surface area contributed by atoms with Crippen LogP contribution in [0.25, 0.3) is 11.2 Å².